The maximum absolute atomic E-state index is 9.42. The standard InChI is InChI=1S/C15H18N8O2/c16-5-8(24)6-25-9-3-1-7(2-4-9)10-12(17)21-14-11(20-10)13(18)22-15(19)23-14/h1-4,8,24H,5-6,16H2,(H6,17,18,19,21,22,23). The lowest BCUT2D eigenvalue weighted by atomic mass is 10.1. The lowest BCUT2D eigenvalue weighted by Gasteiger charge is -2.11. The number of benzene rings is 1. The fourth-order valence-corrected chi connectivity index (χ4v) is 2.18. The number of rotatable bonds is 5. The number of fused-ring (bicyclic) bond motifs is 1. The third-order valence-corrected chi connectivity index (χ3v) is 3.44. The van der Waals surface area contributed by atoms with Gasteiger partial charge in [0.05, 0.1) is 0 Å². The highest BCUT2D eigenvalue weighted by molar-refractivity contribution is 5.87. The van der Waals surface area contributed by atoms with E-state index in [-0.39, 0.29) is 36.4 Å². The van der Waals surface area contributed by atoms with Crippen LogP contribution >= 0.6 is 0 Å². The highest BCUT2D eigenvalue weighted by Crippen LogP contribution is 2.27. The van der Waals surface area contributed by atoms with Crippen LogP contribution in [0.1, 0.15) is 0 Å². The number of nitrogens with two attached hydrogens (primary N) is 4. The van der Waals surface area contributed by atoms with E-state index in [4.69, 9.17) is 27.7 Å². The third-order valence-electron chi connectivity index (χ3n) is 3.44. The second kappa shape index (κ2) is 6.71. The zero-order chi connectivity index (χ0) is 18.0. The van der Waals surface area contributed by atoms with Crippen molar-refractivity contribution in [2.45, 2.75) is 6.10 Å². The molecule has 3 rings (SSSR count). The summed E-state index contributed by atoms with van der Waals surface area (Å²) in [5, 5.41) is 9.42. The van der Waals surface area contributed by atoms with Crippen molar-refractivity contribution < 1.29 is 9.84 Å². The van der Waals surface area contributed by atoms with Crippen molar-refractivity contribution in [3.63, 3.8) is 0 Å². The lowest BCUT2D eigenvalue weighted by Crippen LogP contribution is -2.26. The highest BCUT2D eigenvalue weighted by Gasteiger charge is 2.13. The number of aliphatic hydroxyl groups excluding tert-OH is 1. The minimum atomic E-state index is -0.711. The smallest absolute Gasteiger partial charge is 0.224 e. The van der Waals surface area contributed by atoms with Crippen LogP contribution in [-0.2, 0) is 0 Å². The molecule has 9 N–H and O–H groups in total. The number of anilines is 3. The van der Waals surface area contributed by atoms with Crippen LogP contribution in [0.25, 0.3) is 22.4 Å². The minimum absolute atomic E-state index is 0.00705. The number of hydrogen-bond acceptors (Lipinski definition) is 10. The van der Waals surface area contributed by atoms with Crippen LogP contribution in [0.2, 0.25) is 0 Å². The van der Waals surface area contributed by atoms with Gasteiger partial charge in [0.25, 0.3) is 0 Å². The minimum Gasteiger partial charge on any atom is -0.491 e. The Balaban J connectivity index is 1.92. The Morgan fingerprint density at radius 2 is 1.68 bits per heavy atom. The van der Waals surface area contributed by atoms with E-state index in [1.54, 1.807) is 24.3 Å². The van der Waals surface area contributed by atoms with Crippen molar-refractivity contribution in [3.05, 3.63) is 24.3 Å². The molecule has 130 valence electrons. The topological polar surface area (TPSA) is 185 Å². The average molecular weight is 342 g/mol. The van der Waals surface area contributed by atoms with Gasteiger partial charge in [0.2, 0.25) is 5.95 Å². The molecule has 0 spiro atoms. The first-order chi connectivity index (χ1) is 12.0. The molecule has 3 aromatic rings. The molecule has 0 radical (unpaired) electrons. The number of nitrogen functional groups attached to an aromatic ring is 3. The van der Waals surface area contributed by atoms with Crippen LogP contribution in [-0.4, -0.2) is 44.3 Å². The van der Waals surface area contributed by atoms with Gasteiger partial charge in [-0.25, -0.2) is 9.97 Å². The maximum Gasteiger partial charge on any atom is 0.224 e. The molecule has 0 saturated carbocycles. The van der Waals surface area contributed by atoms with Crippen molar-refractivity contribution >= 4 is 28.7 Å². The molecule has 10 heteroatoms. The van der Waals surface area contributed by atoms with Gasteiger partial charge in [0.1, 0.15) is 24.2 Å². The Morgan fingerprint density at radius 1 is 0.960 bits per heavy atom. The molecule has 1 unspecified atom stereocenters. The van der Waals surface area contributed by atoms with Crippen molar-refractivity contribution in [1.82, 2.24) is 19.9 Å². The van der Waals surface area contributed by atoms with Crippen LogP contribution in [0.3, 0.4) is 0 Å². The van der Waals surface area contributed by atoms with E-state index in [1.807, 2.05) is 0 Å². The summed E-state index contributed by atoms with van der Waals surface area (Å²) >= 11 is 0. The van der Waals surface area contributed by atoms with Crippen LogP contribution in [0.15, 0.2) is 24.3 Å². The van der Waals surface area contributed by atoms with Crippen molar-refractivity contribution in [2.24, 2.45) is 5.73 Å². The number of hydrogen-bond donors (Lipinski definition) is 5. The summed E-state index contributed by atoms with van der Waals surface area (Å²) in [6.07, 6.45) is -0.711. The molecule has 0 aliphatic heterocycles. The second-order valence-corrected chi connectivity index (χ2v) is 5.32. The molecule has 2 heterocycles. The zero-order valence-electron chi connectivity index (χ0n) is 13.3. The molecule has 10 nitrogen and oxygen atoms in total. The first kappa shape index (κ1) is 16.6. The zero-order valence-corrected chi connectivity index (χ0v) is 13.3. The van der Waals surface area contributed by atoms with Crippen LogP contribution < -0.4 is 27.7 Å². The highest BCUT2D eigenvalue weighted by atomic mass is 16.5. The SMILES string of the molecule is NCC(O)COc1ccc(-c2nc3c(N)nc(N)nc3nc2N)cc1. The number of aromatic nitrogens is 4. The monoisotopic (exact) mass is 342 g/mol. The van der Waals surface area contributed by atoms with Gasteiger partial charge in [-0.2, -0.15) is 9.97 Å². The van der Waals surface area contributed by atoms with E-state index in [1.165, 1.54) is 0 Å². The van der Waals surface area contributed by atoms with Gasteiger partial charge in [0, 0.05) is 12.1 Å². The molecule has 0 amide bonds. The second-order valence-electron chi connectivity index (χ2n) is 5.32. The Bertz CT molecular complexity index is 900. The predicted molar refractivity (Wildman–Crippen MR) is 94.4 cm³/mol. The van der Waals surface area contributed by atoms with E-state index in [0.29, 0.717) is 17.0 Å². The quantitative estimate of drug-likeness (QED) is 0.406. The number of ether oxygens (including phenoxy) is 1. The van der Waals surface area contributed by atoms with Gasteiger partial charge in [-0.3, -0.25) is 0 Å². The van der Waals surface area contributed by atoms with E-state index < -0.39 is 6.10 Å². The van der Waals surface area contributed by atoms with Crippen molar-refractivity contribution in [3.8, 4) is 17.0 Å². The molecule has 1 aromatic carbocycles. The number of aliphatic hydroxyl groups is 1. The summed E-state index contributed by atoms with van der Waals surface area (Å²) < 4.78 is 5.43. The van der Waals surface area contributed by atoms with Gasteiger partial charge in [0.15, 0.2) is 22.8 Å². The molecule has 2 aromatic heterocycles. The Hall–Kier alpha value is -3.24. The largest absolute Gasteiger partial charge is 0.491 e. The normalized spacial score (nSPS) is 12.2. The molecule has 0 bridgehead atoms. The van der Waals surface area contributed by atoms with E-state index in [0.717, 1.165) is 5.56 Å². The first-order valence-electron chi connectivity index (χ1n) is 7.45. The lowest BCUT2D eigenvalue weighted by molar-refractivity contribution is 0.114. The van der Waals surface area contributed by atoms with E-state index in [9.17, 15) is 5.11 Å². The Kier molecular flexibility index (Phi) is 4.46. The summed E-state index contributed by atoms with van der Waals surface area (Å²) in [6.45, 7) is 0.248. The summed E-state index contributed by atoms with van der Waals surface area (Å²) in [7, 11) is 0. The Morgan fingerprint density at radius 3 is 2.36 bits per heavy atom. The van der Waals surface area contributed by atoms with Gasteiger partial charge in [-0.15, -0.1) is 0 Å². The maximum atomic E-state index is 9.42. The molecular formula is C15H18N8O2. The Labute approximate surface area is 142 Å². The summed E-state index contributed by atoms with van der Waals surface area (Å²) in [5.74, 6) is 0.913. The van der Waals surface area contributed by atoms with Gasteiger partial charge in [-0.1, -0.05) is 0 Å². The average Bonchev–Trinajstić information content (AvgIpc) is 2.59. The van der Waals surface area contributed by atoms with Crippen molar-refractivity contribution in [2.75, 3.05) is 30.4 Å². The van der Waals surface area contributed by atoms with Crippen LogP contribution in [0.5, 0.6) is 5.75 Å². The molecule has 0 saturated heterocycles. The third kappa shape index (κ3) is 3.49. The van der Waals surface area contributed by atoms with Gasteiger partial charge in [-0.05, 0) is 24.3 Å². The molecule has 25 heavy (non-hydrogen) atoms. The molecule has 0 aliphatic carbocycles. The summed E-state index contributed by atoms with van der Waals surface area (Å²) in [4.78, 5) is 16.5. The van der Waals surface area contributed by atoms with E-state index >= 15 is 0 Å². The van der Waals surface area contributed by atoms with Crippen LogP contribution in [0.4, 0.5) is 17.6 Å². The molecule has 1 atom stereocenters. The number of nitrogens with zero attached hydrogens (tertiary/aromatic N) is 4. The van der Waals surface area contributed by atoms with E-state index in [2.05, 4.69) is 19.9 Å². The first-order valence-corrected chi connectivity index (χ1v) is 7.45. The fourth-order valence-electron chi connectivity index (χ4n) is 2.18. The predicted octanol–water partition coefficient (Wildman–Crippen LogP) is -0.468. The molecule has 0 aliphatic rings. The van der Waals surface area contributed by atoms with Gasteiger partial charge < -0.3 is 32.8 Å². The van der Waals surface area contributed by atoms with Crippen LogP contribution in [0, 0.1) is 0 Å². The molecular weight excluding hydrogens is 324 g/mol. The molecule has 0 fully saturated rings. The fraction of sp³-hybridized carbons (Fsp3) is 0.200. The van der Waals surface area contributed by atoms with Gasteiger partial charge >= 0.3 is 0 Å². The summed E-state index contributed by atoms with van der Waals surface area (Å²) in [5.41, 5.74) is 24.4. The summed E-state index contributed by atoms with van der Waals surface area (Å²) in [6, 6.07) is 6.99. The van der Waals surface area contributed by atoms with Crippen molar-refractivity contribution in [1.29, 1.82) is 0 Å².